The van der Waals surface area contributed by atoms with E-state index in [1.165, 1.54) is 0 Å². The van der Waals surface area contributed by atoms with Gasteiger partial charge in [-0.05, 0) is 23.6 Å². The Morgan fingerprint density at radius 2 is 2.09 bits per heavy atom. The van der Waals surface area contributed by atoms with E-state index in [0.29, 0.717) is 19.0 Å². The number of imidazole rings is 1. The Morgan fingerprint density at radius 1 is 1.23 bits per heavy atom. The number of rotatable bonds is 7. The van der Waals surface area contributed by atoms with E-state index in [1.54, 1.807) is 11.3 Å². The second-order valence-electron chi connectivity index (χ2n) is 5.03. The summed E-state index contributed by atoms with van der Waals surface area (Å²) in [4.78, 5) is 5.50. The highest BCUT2D eigenvalue weighted by Crippen LogP contribution is 2.17. The second kappa shape index (κ2) is 7.02. The number of nitrogens with zero attached hydrogens (tertiary/aromatic N) is 2. The molecule has 0 aliphatic rings. The highest BCUT2D eigenvalue weighted by Gasteiger charge is 2.13. The van der Waals surface area contributed by atoms with Crippen LogP contribution in [0.4, 0.5) is 0 Å². The van der Waals surface area contributed by atoms with Gasteiger partial charge in [0.2, 0.25) is 0 Å². The number of thiophene rings is 1. The molecule has 0 aliphatic heterocycles. The molecule has 1 unspecified atom stereocenters. The number of benzene rings is 1. The summed E-state index contributed by atoms with van der Waals surface area (Å²) in [6.45, 7) is 0.944. The average molecular weight is 318 g/mol. The molecule has 0 saturated heterocycles. The molecule has 116 valence electrons. The van der Waals surface area contributed by atoms with Gasteiger partial charge in [-0.2, -0.15) is 0 Å². The minimum absolute atomic E-state index is 0.155. The van der Waals surface area contributed by atoms with Crippen LogP contribution < -0.4 is 0 Å². The van der Waals surface area contributed by atoms with Crippen LogP contribution in [0.5, 0.6) is 0 Å². The summed E-state index contributed by atoms with van der Waals surface area (Å²) in [5.74, 6) is 0.554. The lowest BCUT2D eigenvalue weighted by molar-refractivity contribution is 0.0210. The highest BCUT2D eigenvalue weighted by atomic mass is 32.1. The molecule has 0 saturated carbocycles. The predicted octanol–water partition coefficient (Wildman–Crippen LogP) is 2.17. The Balaban J connectivity index is 1.64. The Morgan fingerprint density at radius 3 is 2.86 bits per heavy atom. The first kappa shape index (κ1) is 15.2. The molecule has 3 aromatic rings. The fourth-order valence-corrected chi connectivity index (χ4v) is 3.04. The number of hydrogen-bond acceptors (Lipinski definition) is 5. The van der Waals surface area contributed by atoms with Crippen LogP contribution in [0.1, 0.15) is 10.7 Å². The van der Waals surface area contributed by atoms with Gasteiger partial charge in [-0.15, -0.1) is 11.3 Å². The number of para-hydroxylation sites is 2. The fourth-order valence-electron chi connectivity index (χ4n) is 2.40. The van der Waals surface area contributed by atoms with E-state index in [4.69, 9.17) is 4.74 Å². The predicted molar refractivity (Wildman–Crippen MR) is 85.6 cm³/mol. The molecule has 0 radical (unpaired) electrons. The van der Waals surface area contributed by atoms with Crippen LogP contribution >= 0.6 is 11.3 Å². The molecular weight excluding hydrogens is 300 g/mol. The molecule has 6 heteroatoms. The minimum Gasteiger partial charge on any atom is -0.389 e. The lowest BCUT2D eigenvalue weighted by Crippen LogP contribution is -2.23. The van der Waals surface area contributed by atoms with E-state index in [9.17, 15) is 10.2 Å². The number of hydrogen-bond donors (Lipinski definition) is 2. The van der Waals surface area contributed by atoms with Gasteiger partial charge >= 0.3 is 0 Å². The van der Waals surface area contributed by atoms with Crippen molar-refractivity contribution < 1.29 is 14.9 Å². The van der Waals surface area contributed by atoms with Gasteiger partial charge in [-0.25, -0.2) is 4.98 Å². The Bertz CT molecular complexity index is 724. The van der Waals surface area contributed by atoms with E-state index >= 15 is 0 Å². The maximum absolute atomic E-state index is 10.2. The molecule has 2 heterocycles. The Hall–Kier alpha value is -1.73. The van der Waals surface area contributed by atoms with Crippen molar-refractivity contribution in [2.45, 2.75) is 25.9 Å². The monoisotopic (exact) mass is 318 g/mol. The summed E-state index contributed by atoms with van der Waals surface area (Å²) >= 11 is 1.63. The van der Waals surface area contributed by atoms with Crippen molar-refractivity contribution in [3.8, 4) is 0 Å². The van der Waals surface area contributed by atoms with Crippen molar-refractivity contribution in [3.05, 3.63) is 52.5 Å². The summed E-state index contributed by atoms with van der Waals surface area (Å²) < 4.78 is 7.38. The van der Waals surface area contributed by atoms with Crippen molar-refractivity contribution in [1.29, 1.82) is 0 Å². The smallest absolute Gasteiger partial charge is 0.135 e. The van der Waals surface area contributed by atoms with Gasteiger partial charge in [0.25, 0.3) is 0 Å². The van der Waals surface area contributed by atoms with Crippen molar-refractivity contribution in [1.82, 2.24) is 9.55 Å². The molecule has 2 N–H and O–H groups in total. The average Bonchev–Trinajstić information content (AvgIpc) is 3.15. The maximum Gasteiger partial charge on any atom is 0.135 e. The zero-order valence-corrected chi connectivity index (χ0v) is 12.9. The molecule has 0 spiro atoms. The van der Waals surface area contributed by atoms with Crippen LogP contribution in [-0.2, 0) is 24.5 Å². The van der Waals surface area contributed by atoms with Gasteiger partial charge < -0.3 is 19.5 Å². The molecule has 1 aromatic carbocycles. The minimum atomic E-state index is -0.650. The maximum atomic E-state index is 10.2. The van der Waals surface area contributed by atoms with E-state index < -0.39 is 6.10 Å². The van der Waals surface area contributed by atoms with Crippen LogP contribution in [0.15, 0.2) is 41.8 Å². The Labute approximate surface area is 132 Å². The first-order valence-corrected chi connectivity index (χ1v) is 7.99. The first-order valence-electron chi connectivity index (χ1n) is 7.11. The van der Waals surface area contributed by atoms with Crippen LogP contribution in [-0.4, -0.2) is 32.5 Å². The van der Waals surface area contributed by atoms with Crippen LogP contribution in [0, 0.1) is 0 Å². The van der Waals surface area contributed by atoms with Crippen LogP contribution in [0.3, 0.4) is 0 Å². The molecule has 5 nitrogen and oxygen atoms in total. The number of aliphatic hydroxyl groups is 2. The van der Waals surface area contributed by atoms with Crippen LogP contribution in [0.25, 0.3) is 11.0 Å². The molecule has 22 heavy (non-hydrogen) atoms. The van der Waals surface area contributed by atoms with Gasteiger partial charge in [-0.3, -0.25) is 0 Å². The lowest BCUT2D eigenvalue weighted by Gasteiger charge is -2.14. The second-order valence-corrected chi connectivity index (χ2v) is 6.07. The largest absolute Gasteiger partial charge is 0.389 e. The van der Waals surface area contributed by atoms with E-state index in [2.05, 4.69) is 4.98 Å². The third-order valence-corrected chi connectivity index (χ3v) is 4.25. The SMILES string of the molecule is OCc1nc2ccccc2n1CC(O)COCc1cccs1. The van der Waals surface area contributed by atoms with Gasteiger partial charge in [0, 0.05) is 4.88 Å². The third-order valence-electron chi connectivity index (χ3n) is 3.40. The highest BCUT2D eigenvalue weighted by molar-refractivity contribution is 7.09. The van der Waals surface area contributed by atoms with E-state index in [1.807, 2.05) is 46.3 Å². The van der Waals surface area contributed by atoms with Gasteiger partial charge in [0.15, 0.2) is 0 Å². The number of aliphatic hydroxyl groups excluding tert-OH is 2. The zero-order chi connectivity index (χ0) is 15.4. The van der Waals surface area contributed by atoms with Gasteiger partial charge in [0.05, 0.1) is 36.9 Å². The summed E-state index contributed by atoms with van der Waals surface area (Å²) in [5.41, 5.74) is 1.72. The fraction of sp³-hybridized carbons (Fsp3) is 0.312. The quantitative estimate of drug-likeness (QED) is 0.700. The summed E-state index contributed by atoms with van der Waals surface area (Å²) in [5, 5.41) is 21.6. The van der Waals surface area contributed by atoms with Crippen molar-refractivity contribution in [2.24, 2.45) is 0 Å². The zero-order valence-electron chi connectivity index (χ0n) is 12.1. The molecular formula is C16H18N2O3S. The summed E-state index contributed by atoms with van der Waals surface area (Å²) in [6.07, 6.45) is -0.650. The number of fused-ring (bicyclic) bond motifs is 1. The summed E-state index contributed by atoms with van der Waals surface area (Å²) in [7, 11) is 0. The van der Waals surface area contributed by atoms with Crippen molar-refractivity contribution >= 4 is 22.4 Å². The van der Waals surface area contributed by atoms with Gasteiger partial charge in [0.1, 0.15) is 12.4 Å². The number of aromatic nitrogens is 2. The van der Waals surface area contributed by atoms with E-state index in [0.717, 1.165) is 15.9 Å². The van der Waals surface area contributed by atoms with Gasteiger partial charge in [-0.1, -0.05) is 18.2 Å². The van der Waals surface area contributed by atoms with E-state index in [-0.39, 0.29) is 13.2 Å². The molecule has 2 aromatic heterocycles. The molecule has 0 fully saturated rings. The standard InChI is InChI=1S/C16H18N2O3S/c19-9-16-17-14-5-1-2-6-15(14)18(16)8-12(20)10-21-11-13-4-3-7-22-13/h1-7,12,19-20H,8-11H2. The first-order chi connectivity index (χ1) is 10.8. The third kappa shape index (κ3) is 3.36. The van der Waals surface area contributed by atoms with Crippen molar-refractivity contribution in [2.75, 3.05) is 6.61 Å². The normalized spacial score (nSPS) is 12.8. The molecule has 3 rings (SSSR count). The Kier molecular flexibility index (Phi) is 4.84. The topological polar surface area (TPSA) is 67.5 Å². The molecule has 0 bridgehead atoms. The van der Waals surface area contributed by atoms with Crippen molar-refractivity contribution in [3.63, 3.8) is 0 Å². The molecule has 0 amide bonds. The molecule has 1 atom stereocenters. The number of ether oxygens (including phenoxy) is 1. The summed E-state index contributed by atoms with van der Waals surface area (Å²) in [6, 6.07) is 11.6. The lowest BCUT2D eigenvalue weighted by atomic mass is 10.3. The molecule has 0 aliphatic carbocycles. The van der Waals surface area contributed by atoms with Crippen LogP contribution in [0.2, 0.25) is 0 Å².